The van der Waals surface area contributed by atoms with E-state index in [-0.39, 0.29) is 28.6 Å². The Morgan fingerprint density at radius 1 is 0.879 bits per heavy atom. The van der Waals surface area contributed by atoms with E-state index in [1.807, 2.05) is 38.1 Å². The quantitative estimate of drug-likeness (QED) is 0.256. The molecule has 1 N–H and O–H groups in total. The number of aromatic hydroxyl groups is 1. The van der Waals surface area contributed by atoms with Crippen molar-refractivity contribution < 1.29 is 14.6 Å². The molecule has 0 amide bonds. The van der Waals surface area contributed by atoms with Gasteiger partial charge in [-0.1, -0.05) is 73.7 Å². The van der Waals surface area contributed by atoms with Gasteiger partial charge in [-0.3, -0.25) is 4.79 Å². The number of rotatable bonds is 6. The minimum Gasteiger partial charge on any atom is -0.503 e. The fourth-order valence-corrected chi connectivity index (χ4v) is 8.37. The third kappa shape index (κ3) is 4.83. The van der Waals surface area contributed by atoms with Crippen LogP contribution in [0.5, 0.6) is 11.5 Å². The van der Waals surface area contributed by atoms with Crippen LogP contribution in [0.4, 0.5) is 0 Å². The average Bonchev–Trinajstić information content (AvgIpc) is 3.44. The number of nitrogens with zero attached hydrogens (tertiary/aromatic N) is 4. The first kappa shape index (κ1) is 25.0. The summed E-state index contributed by atoms with van der Waals surface area (Å²) in [5.41, 5.74) is -0.165. The van der Waals surface area contributed by atoms with Crippen LogP contribution in [0.25, 0.3) is 0 Å². The van der Waals surface area contributed by atoms with Gasteiger partial charge in [-0.25, -0.2) is 0 Å². The Kier molecular flexibility index (Phi) is 8.30. The maximum Gasteiger partial charge on any atom is 0.314 e. The van der Waals surface area contributed by atoms with Crippen molar-refractivity contribution in [1.29, 1.82) is 21.0 Å². The van der Waals surface area contributed by atoms with E-state index < -0.39 is 5.97 Å². The van der Waals surface area contributed by atoms with E-state index in [1.165, 1.54) is 23.5 Å². The second kappa shape index (κ2) is 11.0. The Morgan fingerprint density at radius 3 is 1.85 bits per heavy atom. The lowest BCUT2D eigenvalue weighted by molar-refractivity contribution is -0.139. The first-order chi connectivity index (χ1) is 15.9. The summed E-state index contributed by atoms with van der Waals surface area (Å²) in [4.78, 5) is 15.0. The van der Waals surface area contributed by atoms with E-state index in [2.05, 4.69) is 0 Å². The molecule has 0 saturated heterocycles. The maximum absolute atomic E-state index is 12.9. The van der Waals surface area contributed by atoms with Crippen molar-refractivity contribution in [2.75, 3.05) is 0 Å². The van der Waals surface area contributed by atoms with E-state index >= 15 is 0 Å². The van der Waals surface area contributed by atoms with Crippen molar-refractivity contribution in [2.24, 2.45) is 5.92 Å². The van der Waals surface area contributed by atoms with Crippen LogP contribution >= 0.6 is 47.0 Å². The summed E-state index contributed by atoms with van der Waals surface area (Å²) >= 11 is 4.50. The SMILES string of the molecule is CCCCC(CC)C(=O)Oc1c(O)c2c(c3c1SC(=C(C#N)C#N)S3)SC(=C(C#N)C#N)S2. The van der Waals surface area contributed by atoms with Crippen LogP contribution in [0.15, 0.2) is 39.2 Å². The monoisotopic (exact) mass is 512 g/mol. The number of thioether (sulfide) groups is 4. The summed E-state index contributed by atoms with van der Waals surface area (Å²) in [6.45, 7) is 3.94. The summed E-state index contributed by atoms with van der Waals surface area (Å²) < 4.78 is 6.56. The Labute approximate surface area is 208 Å². The number of benzene rings is 1. The molecule has 0 saturated carbocycles. The predicted molar refractivity (Wildman–Crippen MR) is 127 cm³/mol. The molecule has 2 aliphatic rings. The molecule has 0 fully saturated rings. The van der Waals surface area contributed by atoms with E-state index in [4.69, 9.17) is 4.74 Å². The van der Waals surface area contributed by atoms with Gasteiger partial charge in [0.05, 0.1) is 24.2 Å². The zero-order chi connectivity index (χ0) is 24.1. The molecule has 2 aliphatic heterocycles. The lowest BCUT2D eigenvalue weighted by Gasteiger charge is -2.17. The molecule has 7 nitrogen and oxygen atoms in total. The van der Waals surface area contributed by atoms with Crippen LogP contribution < -0.4 is 4.74 Å². The van der Waals surface area contributed by atoms with Gasteiger partial charge >= 0.3 is 5.97 Å². The van der Waals surface area contributed by atoms with Crippen molar-refractivity contribution in [3.8, 4) is 35.8 Å². The number of hydrogen-bond donors (Lipinski definition) is 1. The molecular formula is C22H16N4O3S4. The summed E-state index contributed by atoms with van der Waals surface area (Å²) in [5, 5.41) is 48.2. The van der Waals surface area contributed by atoms with Crippen LogP contribution in [-0.4, -0.2) is 11.1 Å². The minimum atomic E-state index is -0.451. The molecule has 0 bridgehead atoms. The lowest BCUT2D eigenvalue weighted by atomic mass is 10.00. The summed E-state index contributed by atoms with van der Waals surface area (Å²) in [5.74, 6) is -1.04. The number of hydrogen-bond acceptors (Lipinski definition) is 11. The number of ether oxygens (including phenoxy) is 1. The highest BCUT2D eigenvalue weighted by Crippen LogP contribution is 2.68. The third-order valence-corrected chi connectivity index (χ3v) is 10.2. The van der Waals surface area contributed by atoms with Crippen molar-refractivity contribution in [3.05, 3.63) is 19.6 Å². The van der Waals surface area contributed by atoms with E-state index in [0.717, 1.165) is 36.4 Å². The predicted octanol–water partition coefficient (Wildman–Crippen LogP) is 6.43. The topological polar surface area (TPSA) is 142 Å². The van der Waals surface area contributed by atoms with Gasteiger partial charge in [-0.05, 0) is 12.8 Å². The van der Waals surface area contributed by atoms with Crippen molar-refractivity contribution in [2.45, 2.75) is 59.1 Å². The fourth-order valence-electron chi connectivity index (χ4n) is 3.07. The molecule has 33 heavy (non-hydrogen) atoms. The van der Waals surface area contributed by atoms with E-state index in [0.29, 0.717) is 40.9 Å². The Bertz CT molecular complexity index is 1230. The van der Waals surface area contributed by atoms with Crippen LogP contribution in [0.1, 0.15) is 39.5 Å². The molecule has 3 rings (SSSR count). The molecule has 0 aromatic heterocycles. The molecule has 1 atom stereocenters. The van der Waals surface area contributed by atoms with Gasteiger partial charge in [-0.2, -0.15) is 21.0 Å². The number of phenols is 1. The Hall–Kier alpha value is -2.67. The minimum absolute atomic E-state index is 0.0174. The smallest absolute Gasteiger partial charge is 0.314 e. The second-order valence-electron chi connectivity index (χ2n) is 6.84. The van der Waals surface area contributed by atoms with E-state index in [1.54, 1.807) is 0 Å². The standard InChI is InChI=1S/C22H16N4O3S4/c1-3-5-6-11(4-2)20(28)29-15-14(27)16-18(32-21(30-16)12(7-23)8-24)19-17(15)31-22(33-19)13(9-25)10-26/h11,27H,3-6H2,1-2H3. The molecule has 0 spiro atoms. The molecule has 1 unspecified atom stereocenters. The van der Waals surface area contributed by atoms with Gasteiger partial charge in [0.15, 0.2) is 11.5 Å². The van der Waals surface area contributed by atoms with Gasteiger partial charge < -0.3 is 9.84 Å². The molecule has 0 aliphatic carbocycles. The zero-order valence-corrected chi connectivity index (χ0v) is 20.9. The number of allylic oxidation sites excluding steroid dienone is 2. The molecular weight excluding hydrogens is 497 g/mol. The largest absolute Gasteiger partial charge is 0.503 e. The number of fused-ring (bicyclic) bond motifs is 3. The highest BCUT2D eigenvalue weighted by Gasteiger charge is 2.38. The normalized spacial score (nSPS) is 14.2. The zero-order valence-electron chi connectivity index (χ0n) is 17.6. The van der Waals surface area contributed by atoms with Crippen LogP contribution in [-0.2, 0) is 4.79 Å². The molecule has 1 aromatic carbocycles. The first-order valence-corrected chi connectivity index (χ1v) is 13.1. The summed E-state index contributed by atoms with van der Waals surface area (Å²) in [7, 11) is 0. The lowest BCUT2D eigenvalue weighted by Crippen LogP contribution is -2.20. The van der Waals surface area contributed by atoms with Crippen LogP contribution in [0.3, 0.4) is 0 Å². The van der Waals surface area contributed by atoms with Crippen LogP contribution in [0.2, 0.25) is 0 Å². The molecule has 2 heterocycles. The van der Waals surface area contributed by atoms with E-state index in [9.17, 15) is 30.9 Å². The van der Waals surface area contributed by atoms with Crippen molar-refractivity contribution in [3.63, 3.8) is 0 Å². The van der Waals surface area contributed by atoms with Gasteiger partial charge in [-0.15, -0.1) is 0 Å². The van der Waals surface area contributed by atoms with Gasteiger partial charge in [0.2, 0.25) is 0 Å². The number of nitriles is 4. The first-order valence-electron chi connectivity index (χ1n) is 9.88. The maximum atomic E-state index is 12.9. The highest BCUT2D eigenvalue weighted by molar-refractivity contribution is 8.26. The van der Waals surface area contributed by atoms with Crippen molar-refractivity contribution >= 4 is 53.0 Å². The van der Waals surface area contributed by atoms with Gasteiger partial charge in [0.25, 0.3) is 0 Å². The molecule has 11 heteroatoms. The van der Waals surface area contributed by atoms with Crippen LogP contribution in [0, 0.1) is 51.2 Å². The number of esters is 1. The number of unbranched alkanes of at least 4 members (excludes halogenated alkanes) is 1. The number of carbonyl (C=O) groups excluding carboxylic acids is 1. The Balaban J connectivity index is 2.14. The number of phenolic OH excluding ortho intramolecular Hbond substituents is 1. The molecule has 0 radical (unpaired) electrons. The van der Waals surface area contributed by atoms with Crippen molar-refractivity contribution in [1.82, 2.24) is 0 Å². The van der Waals surface area contributed by atoms with Gasteiger partial charge in [0, 0.05) is 9.79 Å². The third-order valence-electron chi connectivity index (χ3n) is 4.82. The van der Waals surface area contributed by atoms with Gasteiger partial charge in [0.1, 0.15) is 35.4 Å². The summed E-state index contributed by atoms with van der Waals surface area (Å²) in [6, 6.07) is 7.44. The fraction of sp³-hybridized carbons (Fsp3) is 0.318. The second-order valence-corrected chi connectivity index (χ2v) is 11.4. The Morgan fingerprint density at radius 2 is 1.36 bits per heavy atom. The molecule has 1 aromatic rings. The summed E-state index contributed by atoms with van der Waals surface area (Å²) in [6.07, 6.45) is 3.08. The molecule has 166 valence electrons. The number of carbonyl (C=O) groups is 1. The highest BCUT2D eigenvalue weighted by atomic mass is 32.2. The average molecular weight is 513 g/mol.